The number of hydrogen-bond acceptors (Lipinski definition) is 5. The first-order valence-electron chi connectivity index (χ1n) is 11.8. The Balaban J connectivity index is 0.000000623. The van der Waals surface area contributed by atoms with Gasteiger partial charge in [0.25, 0.3) is 16.0 Å². The molecule has 0 aromatic heterocycles. The van der Waals surface area contributed by atoms with Crippen LogP contribution < -0.4 is 0 Å². The van der Waals surface area contributed by atoms with Crippen LogP contribution >= 0.6 is 0 Å². The summed E-state index contributed by atoms with van der Waals surface area (Å²) < 4.78 is 25.9. The van der Waals surface area contributed by atoms with Crippen LogP contribution in [-0.2, 0) is 14.9 Å². The molecule has 2 atom stereocenters. The quantitative estimate of drug-likeness (QED) is 0.615. The number of nitrogens with zero attached hydrogens (tertiary/aromatic N) is 2. The van der Waals surface area contributed by atoms with E-state index in [1.165, 1.54) is 0 Å². The fourth-order valence-electron chi connectivity index (χ4n) is 4.87. The number of carbonyl (C=O) groups is 2. The average molecular weight is 503 g/mol. The van der Waals surface area contributed by atoms with E-state index in [0.29, 0.717) is 18.7 Å². The number of benzene rings is 2. The molecule has 2 aromatic carbocycles. The molecule has 1 heterocycles. The number of rotatable bonds is 4. The zero-order chi connectivity index (χ0) is 25.8. The molecule has 0 spiro atoms. The van der Waals surface area contributed by atoms with E-state index in [2.05, 4.69) is 18.7 Å². The number of amides is 1. The van der Waals surface area contributed by atoms with Crippen molar-refractivity contribution in [2.24, 2.45) is 0 Å². The van der Waals surface area contributed by atoms with Gasteiger partial charge in [-0.25, -0.2) is 0 Å². The maximum Gasteiger partial charge on any atom is 0.310 e. The number of aliphatic carboxylic acids is 1. The Kier molecular flexibility index (Phi) is 8.69. The Morgan fingerprint density at radius 2 is 1.46 bits per heavy atom. The van der Waals surface area contributed by atoms with Crippen LogP contribution in [0.1, 0.15) is 65.6 Å². The molecule has 1 fully saturated rings. The van der Waals surface area contributed by atoms with E-state index in [-0.39, 0.29) is 11.8 Å². The van der Waals surface area contributed by atoms with Crippen LogP contribution in [-0.4, -0.2) is 78.2 Å². The molecule has 2 unspecified atom stereocenters. The van der Waals surface area contributed by atoms with Gasteiger partial charge in [-0.2, -0.15) is 8.42 Å². The van der Waals surface area contributed by atoms with E-state index < -0.39 is 22.0 Å². The third-order valence-corrected chi connectivity index (χ3v) is 6.68. The molecule has 9 heteroatoms. The van der Waals surface area contributed by atoms with Gasteiger partial charge in [0.1, 0.15) is 0 Å². The first kappa shape index (κ1) is 26.8. The molecular formula is C26H34N2O6S. The summed E-state index contributed by atoms with van der Waals surface area (Å²) in [7, 11) is -3.67. The predicted molar refractivity (Wildman–Crippen MR) is 134 cm³/mol. The highest BCUT2D eigenvalue weighted by Gasteiger charge is 2.32. The van der Waals surface area contributed by atoms with Crippen molar-refractivity contribution in [3.05, 3.63) is 70.8 Å². The second-order valence-corrected chi connectivity index (χ2v) is 10.9. The number of hydrogen-bond donors (Lipinski definition) is 2. The first-order valence-corrected chi connectivity index (χ1v) is 13.7. The highest BCUT2D eigenvalue weighted by Crippen LogP contribution is 2.42. The Bertz CT molecular complexity index is 1130. The SMILES string of the molecule is CC(C)N1CCN(C(=O)c2ccc(C3CCC(C(=O)O)c4ccccc43)cc2)CC1.CS(=O)(=O)O. The molecule has 2 aliphatic rings. The Morgan fingerprint density at radius 1 is 0.914 bits per heavy atom. The summed E-state index contributed by atoms with van der Waals surface area (Å²) in [5.74, 6) is -0.905. The molecule has 0 saturated carbocycles. The fraction of sp³-hybridized carbons (Fsp3) is 0.462. The third-order valence-electron chi connectivity index (χ3n) is 6.68. The lowest BCUT2D eigenvalue weighted by Crippen LogP contribution is -2.50. The Hall–Kier alpha value is -2.75. The molecule has 8 nitrogen and oxygen atoms in total. The van der Waals surface area contributed by atoms with Gasteiger partial charge in [0.05, 0.1) is 12.2 Å². The average Bonchev–Trinajstić information content (AvgIpc) is 2.82. The minimum atomic E-state index is -3.67. The van der Waals surface area contributed by atoms with Crippen molar-refractivity contribution in [3.8, 4) is 0 Å². The normalized spacial score (nSPS) is 20.5. The highest BCUT2D eigenvalue weighted by atomic mass is 32.2. The maximum atomic E-state index is 12.9. The van der Waals surface area contributed by atoms with Gasteiger partial charge in [0.2, 0.25) is 0 Å². The van der Waals surface area contributed by atoms with Gasteiger partial charge in [-0.3, -0.25) is 19.0 Å². The largest absolute Gasteiger partial charge is 0.481 e. The Morgan fingerprint density at radius 3 is 1.97 bits per heavy atom. The molecule has 0 bridgehead atoms. The standard InChI is InChI=1S/C25H30N2O3.CH4O3S/c1-17(2)26-13-15-27(16-14-26)24(28)19-9-7-18(8-10-19)20-11-12-23(25(29)30)22-6-4-3-5-21(20)22;1-5(2,3)4/h3-10,17,20,23H,11-16H2,1-2H3,(H,29,30);1H3,(H,2,3,4). The molecule has 4 rings (SSSR count). The number of carbonyl (C=O) groups excluding carboxylic acids is 1. The fourth-order valence-corrected chi connectivity index (χ4v) is 4.87. The van der Waals surface area contributed by atoms with Gasteiger partial charge < -0.3 is 10.0 Å². The highest BCUT2D eigenvalue weighted by molar-refractivity contribution is 7.85. The van der Waals surface area contributed by atoms with E-state index in [9.17, 15) is 23.1 Å². The van der Waals surface area contributed by atoms with Crippen LogP contribution in [0.3, 0.4) is 0 Å². The molecule has 1 amide bonds. The van der Waals surface area contributed by atoms with E-state index in [1.54, 1.807) is 0 Å². The van der Waals surface area contributed by atoms with E-state index in [4.69, 9.17) is 4.55 Å². The predicted octanol–water partition coefficient (Wildman–Crippen LogP) is 3.45. The molecular weight excluding hydrogens is 468 g/mol. The van der Waals surface area contributed by atoms with Crippen molar-refractivity contribution >= 4 is 22.0 Å². The minimum Gasteiger partial charge on any atom is -0.481 e. The van der Waals surface area contributed by atoms with Crippen molar-refractivity contribution in [1.29, 1.82) is 0 Å². The number of fused-ring (bicyclic) bond motifs is 1. The lowest BCUT2D eigenvalue weighted by Gasteiger charge is -2.37. The maximum absolute atomic E-state index is 12.9. The molecule has 1 aliphatic carbocycles. The molecule has 190 valence electrons. The summed E-state index contributed by atoms with van der Waals surface area (Å²) in [6, 6.07) is 16.3. The van der Waals surface area contributed by atoms with Gasteiger partial charge in [-0.05, 0) is 55.5 Å². The molecule has 35 heavy (non-hydrogen) atoms. The van der Waals surface area contributed by atoms with Gasteiger partial charge in [0, 0.05) is 43.7 Å². The van der Waals surface area contributed by atoms with Crippen molar-refractivity contribution in [3.63, 3.8) is 0 Å². The van der Waals surface area contributed by atoms with E-state index >= 15 is 0 Å². The number of carboxylic acid groups (broad SMARTS) is 1. The molecule has 1 saturated heterocycles. The van der Waals surface area contributed by atoms with Gasteiger partial charge in [0.15, 0.2) is 0 Å². The summed E-state index contributed by atoms with van der Waals surface area (Å²) in [5, 5.41) is 9.56. The van der Waals surface area contributed by atoms with Crippen LogP contribution in [0, 0.1) is 0 Å². The van der Waals surface area contributed by atoms with E-state index in [1.807, 2.05) is 53.4 Å². The zero-order valence-electron chi connectivity index (χ0n) is 20.4. The van der Waals surface area contributed by atoms with Crippen LogP contribution in [0.5, 0.6) is 0 Å². The first-order chi connectivity index (χ1) is 16.5. The summed E-state index contributed by atoms with van der Waals surface area (Å²) in [4.78, 5) is 28.9. The van der Waals surface area contributed by atoms with Crippen molar-refractivity contribution in [1.82, 2.24) is 9.80 Å². The molecule has 0 radical (unpaired) electrons. The van der Waals surface area contributed by atoms with E-state index in [0.717, 1.165) is 54.9 Å². The topological polar surface area (TPSA) is 115 Å². The van der Waals surface area contributed by atoms with Gasteiger partial charge in [-0.1, -0.05) is 36.4 Å². The molecule has 2 N–H and O–H groups in total. The van der Waals surface area contributed by atoms with Gasteiger partial charge >= 0.3 is 5.97 Å². The van der Waals surface area contributed by atoms with Crippen LogP contribution in [0.4, 0.5) is 0 Å². The number of carboxylic acids is 1. The van der Waals surface area contributed by atoms with Crippen LogP contribution in [0.15, 0.2) is 48.5 Å². The van der Waals surface area contributed by atoms with Crippen molar-refractivity contribution in [2.45, 2.75) is 44.6 Å². The Labute approximate surface area is 207 Å². The third kappa shape index (κ3) is 7.13. The van der Waals surface area contributed by atoms with Crippen molar-refractivity contribution in [2.75, 3.05) is 32.4 Å². The molecule has 1 aliphatic heterocycles. The smallest absolute Gasteiger partial charge is 0.310 e. The van der Waals surface area contributed by atoms with Crippen LogP contribution in [0.25, 0.3) is 0 Å². The summed E-state index contributed by atoms with van der Waals surface area (Å²) in [5.41, 5.74) is 3.89. The zero-order valence-corrected chi connectivity index (χ0v) is 21.2. The summed E-state index contributed by atoms with van der Waals surface area (Å²) >= 11 is 0. The number of piperazine rings is 1. The lowest BCUT2D eigenvalue weighted by molar-refractivity contribution is -0.139. The van der Waals surface area contributed by atoms with Crippen LogP contribution in [0.2, 0.25) is 0 Å². The van der Waals surface area contributed by atoms with Gasteiger partial charge in [-0.15, -0.1) is 0 Å². The van der Waals surface area contributed by atoms with Crippen molar-refractivity contribution < 1.29 is 27.7 Å². The minimum absolute atomic E-state index is 0.0972. The summed E-state index contributed by atoms with van der Waals surface area (Å²) in [6.07, 6.45) is 2.16. The second-order valence-electron chi connectivity index (χ2n) is 9.43. The lowest BCUT2D eigenvalue weighted by atomic mass is 9.74. The summed E-state index contributed by atoms with van der Waals surface area (Å²) in [6.45, 7) is 7.77. The monoisotopic (exact) mass is 502 g/mol. The molecule has 2 aromatic rings. The second kappa shape index (κ2) is 11.3.